The maximum atomic E-state index is 9.96. The summed E-state index contributed by atoms with van der Waals surface area (Å²) in [4.78, 5) is 4.23. The highest BCUT2D eigenvalue weighted by molar-refractivity contribution is 5.79. The highest BCUT2D eigenvalue weighted by atomic mass is 16.5. The Kier molecular flexibility index (Phi) is 6.95. The Morgan fingerprint density at radius 2 is 1.88 bits per heavy atom. The average molecular weight is 354 g/mol. The van der Waals surface area contributed by atoms with Crippen LogP contribution >= 0.6 is 0 Å². The molecular weight excluding hydrogens is 324 g/mol. The summed E-state index contributed by atoms with van der Waals surface area (Å²) >= 11 is 0. The molecule has 4 heteroatoms. The third-order valence-corrected chi connectivity index (χ3v) is 4.76. The number of aliphatic hydroxyl groups is 1. The molecule has 4 atom stereocenters. The number of aliphatic hydroxyl groups excluding tert-OH is 1. The third-order valence-electron chi connectivity index (χ3n) is 4.76. The second-order valence-electron chi connectivity index (χ2n) is 7.02. The molecule has 0 amide bonds. The molecule has 1 heterocycles. The number of nitrogens with two attached hydrogens (primary N) is 1. The first kappa shape index (κ1) is 20.1. The summed E-state index contributed by atoms with van der Waals surface area (Å²) in [5, 5.41) is 9.96. The minimum absolute atomic E-state index is 0.134. The molecule has 1 aliphatic carbocycles. The third kappa shape index (κ3) is 4.93. The van der Waals surface area contributed by atoms with Gasteiger partial charge in [-0.2, -0.15) is 0 Å². The second kappa shape index (κ2) is 8.97. The fourth-order valence-corrected chi connectivity index (χ4v) is 3.11. The normalized spacial score (nSPS) is 28.1. The molecule has 4 nitrogen and oxygen atoms in total. The Hall–Kier alpha value is -2.17. The molecule has 26 heavy (non-hydrogen) atoms. The average Bonchev–Trinajstić information content (AvgIpc) is 3.16. The molecule has 0 bridgehead atoms. The number of hydrogen-bond donors (Lipinski definition) is 2. The van der Waals surface area contributed by atoms with E-state index in [2.05, 4.69) is 17.6 Å². The number of ether oxygens (including phenoxy) is 1. The summed E-state index contributed by atoms with van der Waals surface area (Å²) in [6.45, 7) is 11.7. The van der Waals surface area contributed by atoms with Gasteiger partial charge in [-0.1, -0.05) is 56.0 Å². The molecule has 0 saturated carbocycles. The number of hydrogen-bond acceptors (Lipinski definition) is 3. The van der Waals surface area contributed by atoms with Gasteiger partial charge in [-0.05, 0) is 37.5 Å². The molecule has 1 aliphatic heterocycles. The van der Waals surface area contributed by atoms with Crippen molar-refractivity contribution in [2.24, 2.45) is 16.6 Å². The van der Waals surface area contributed by atoms with Crippen LogP contribution in [0.25, 0.3) is 0 Å². The lowest BCUT2D eigenvalue weighted by molar-refractivity contribution is 0.0151. The summed E-state index contributed by atoms with van der Waals surface area (Å²) in [6.07, 6.45) is 4.59. The standard InChI is InChI=1S/C12H16O2.C10H14N2/c1-8-9(2)14-12(11(8)13)10-6-4-3-5-7-10;1-7(2)9-5-4-6-10(9)12-8(3)11/h3-9,11-13H,1-2H3;4-5H,1,6H2,2-3H3,(H2,11,12)/t8-,9-,11-,12-;/m0./s1. The van der Waals surface area contributed by atoms with E-state index in [1.54, 1.807) is 6.92 Å². The highest BCUT2D eigenvalue weighted by Crippen LogP contribution is 2.36. The van der Waals surface area contributed by atoms with Gasteiger partial charge in [0.05, 0.1) is 23.7 Å². The lowest BCUT2D eigenvalue weighted by Gasteiger charge is -2.15. The van der Waals surface area contributed by atoms with Crippen LogP contribution < -0.4 is 5.73 Å². The van der Waals surface area contributed by atoms with Crippen molar-refractivity contribution < 1.29 is 9.84 Å². The van der Waals surface area contributed by atoms with Crippen molar-refractivity contribution in [2.75, 3.05) is 0 Å². The van der Waals surface area contributed by atoms with Crippen LogP contribution in [0.3, 0.4) is 0 Å². The number of benzene rings is 1. The van der Waals surface area contributed by atoms with Gasteiger partial charge in [0.25, 0.3) is 0 Å². The van der Waals surface area contributed by atoms with Crippen molar-refractivity contribution in [2.45, 2.75) is 52.4 Å². The van der Waals surface area contributed by atoms with Crippen molar-refractivity contribution in [3.05, 3.63) is 71.5 Å². The Morgan fingerprint density at radius 1 is 1.23 bits per heavy atom. The number of nitrogens with zero attached hydrogens (tertiary/aromatic N) is 1. The van der Waals surface area contributed by atoms with Crippen LogP contribution in [0.2, 0.25) is 0 Å². The van der Waals surface area contributed by atoms with E-state index in [1.807, 2.05) is 57.2 Å². The summed E-state index contributed by atoms with van der Waals surface area (Å²) < 4.78 is 5.72. The van der Waals surface area contributed by atoms with Gasteiger partial charge in [0.1, 0.15) is 6.10 Å². The number of rotatable bonds is 3. The number of amidine groups is 1. The topological polar surface area (TPSA) is 67.8 Å². The molecule has 1 aromatic carbocycles. The summed E-state index contributed by atoms with van der Waals surface area (Å²) in [7, 11) is 0. The number of allylic oxidation sites excluding steroid dienone is 4. The molecule has 3 rings (SSSR count). The zero-order chi connectivity index (χ0) is 19.3. The van der Waals surface area contributed by atoms with Gasteiger partial charge in [-0.3, -0.25) is 0 Å². The van der Waals surface area contributed by atoms with Gasteiger partial charge in [-0.25, -0.2) is 4.99 Å². The Morgan fingerprint density at radius 3 is 2.38 bits per heavy atom. The van der Waals surface area contributed by atoms with Crippen LogP contribution in [-0.4, -0.2) is 23.2 Å². The fourth-order valence-electron chi connectivity index (χ4n) is 3.11. The van der Waals surface area contributed by atoms with Crippen molar-refractivity contribution >= 4 is 5.84 Å². The Labute approximate surface area is 156 Å². The lowest BCUT2D eigenvalue weighted by Crippen LogP contribution is -2.20. The minimum Gasteiger partial charge on any atom is -0.390 e. The second-order valence-corrected chi connectivity index (χ2v) is 7.02. The smallest absolute Gasteiger partial charge is 0.109 e. The zero-order valence-corrected chi connectivity index (χ0v) is 16.1. The van der Waals surface area contributed by atoms with Crippen molar-refractivity contribution in [1.29, 1.82) is 0 Å². The van der Waals surface area contributed by atoms with Crippen molar-refractivity contribution in [1.82, 2.24) is 0 Å². The van der Waals surface area contributed by atoms with Crippen molar-refractivity contribution in [3.8, 4) is 0 Å². The van der Waals surface area contributed by atoms with Crippen LogP contribution in [-0.2, 0) is 4.74 Å². The van der Waals surface area contributed by atoms with E-state index in [9.17, 15) is 5.11 Å². The Bertz CT molecular complexity index is 715. The molecule has 0 aromatic heterocycles. The lowest BCUT2D eigenvalue weighted by atomic mass is 9.96. The largest absolute Gasteiger partial charge is 0.390 e. The summed E-state index contributed by atoms with van der Waals surface area (Å²) in [5.74, 6) is 0.813. The molecule has 0 unspecified atom stereocenters. The number of aliphatic imine (C=N–C) groups is 1. The molecular formula is C22H30N2O2. The van der Waals surface area contributed by atoms with E-state index in [1.165, 1.54) is 0 Å². The Balaban J connectivity index is 0.000000190. The van der Waals surface area contributed by atoms with Crippen LogP contribution in [0.1, 0.15) is 45.8 Å². The first-order chi connectivity index (χ1) is 12.3. The van der Waals surface area contributed by atoms with Crippen LogP contribution in [0.4, 0.5) is 0 Å². The summed E-state index contributed by atoms with van der Waals surface area (Å²) in [6, 6.07) is 9.91. The van der Waals surface area contributed by atoms with Crippen LogP contribution in [0.5, 0.6) is 0 Å². The molecule has 0 spiro atoms. The molecule has 3 N–H and O–H groups in total. The highest BCUT2D eigenvalue weighted by Gasteiger charge is 2.38. The van der Waals surface area contributed by atoms with Gasteiger partial charge in [-0.15, -0.1) is 0 Å². The molecule has 0 radical (unpaired) electrons. The van der Waals surface area contributed by atoms with Crippen LogP contribution in [0, 0.1) is 5.92 Å². The fraction of sp³-hybridized carbons (Fsp3) is 0.409. The van der Waals surface area contributed by atoms with E-state index < -0.39 is 0 Å². The van der Waals surface area contributed by atoms with Gasteiger partial charge in [0.2, 0.25) is 0 Å². The van der Waals surface area contributed by atoms with Gasteiger partial charge < -0.3 is 15.6 Å². The van der Waals surface area contributed by atoms with E-state index in [0.29, 0.717) is 5.84 Å². The minimum atomic E-state index is -0.382. The van der Waals surface area contributed by atoms with E-state index in [0.717, 1.165) is 28.8 Å². The maximum Gasteiger partial charge on any atom is 0.109 e. The van der Waals surface area contributed by atoms with Gasteiger partial charge >= 0.3 is 0 Å². The SMILES string of the molecule is C=C(C)C1=C(N=C(C)N)CC=C1.C[C@@H]1[C@H](O)[C@H](c2ccccc2)O[C@H]1C. The monoisotopic (exact) mass is 354 g/mol. The first-order valence-corrected chi connectivity index (χ1v) is 9.06. The van der Waals surface area contributed by atoms with E-state index in [-0.39, 0.29) is 24.2 Å². The van der Waals surface area contributed by atoms with E-state index >= 15 is 0 Å². The van der Waals surface area contributed by atoms with Gasteiger partial charge in [0, 0.05) is 12.3 Å². The molecule has 1 saturated heterocycles. The molecule has 1 aromatic rings. The molecule has 140 valence electrons. The predicted molar refractivity (Wildman–Crippen MR) is 108 cm³/mol. The molecule has 2 aliphatic rings. The summed E-state index contributed by atoms with van der Waals surface area (Å²) in [5.41, 5.74) is 9.76. The van der Waals surface area contributed by atoms with Crippen molar-refractivity contribution in [3.63, 3.8) is 0 Å². The first-order valence-electron chi connectivity index (χ1n) is 9.06. The quantitative estimate of drug-likeness (QED) is 0.628. The zero-order valence-electron chi connectivity index (χ0n) is 16.1. The molecule has 1 fully saturated rings. The van der Waals surface area contributed by atoms with Gasteiger partial charge in [0.15, 0.2) is 0 Å². The van der Waals surface area contributed by atoms with E-state index in [4.69, 9.17) is 10.5 Å². The maximum absolute atomic E-state index is 9.96. The van der Waals surface area contributed by atoms with Crippen LogP contribution in [0.15, 0.2) is 70.9 Å². The predicted octanol–water partition coefficient (Wildman–Crippen LogP) is 4.30.